The summed E-state index contributed by atoms with van der Waals surface area (Å²) in [4.78, 5) is 24.3. The van der Waals surface area contributed by atoms with E-state index in [4.69, 9.17) is 14.2 Å². The third kappa shape index (κ3) is 6.14. The molecule has 2 spiro atoms. The van der Waals surface area contributed by atoms with Crippen LogP contribution in [0.1, 0.15) is 110 Å². The van der Waals surface area contributed by atoms with Crippen molar-refractivity contribution in [3.05, 3.63) is 12.2 Å². The van der Waals surface area contributed by atoms with Gasteiger partial charge >= 0.3 is 11.9 Å². The molecule has 0 aliphatic carbocycles. The summed E-state index contributed by atoms with van der Waals surface area (Å²) in [6, 6.07) is 0.341. The second-order valence-corrected chi connectivity index (χ2v) is 12.3. The first-order valence-corrected chi connectivity index (χ1v) is 15.5. The molecule has 0 amide bonds. The third-order valence-electron chi connectivity index (χ3n) is 9.37. The normalized spacial score (nSPS) is 37.2. The summed E-state index contributed by atoms with van der Waals surface area (Å²) in [6.45, 7) is 4.65. The van der Waals surface area contributed by atoms with Crippen LogP contribution in [-0.4, -0.2) is 64.8 Å². The molecule has 2 fully saturated rings. The Hall–Kier alpha value is -2.13. The summed E-state index contributed by atoms with van der Waals surface area (Å²) in [6.07, 6.45) is 17.3. The van der Waals surface area contributed by atoms with Gasteiger partial charge in [0.2, 0.25) is 5.72 Å². The lowest BCUT2D eigenvalue weighted by molar-refractivity contribution is -0.609. The van der Waals surface area contributed by atoms with E-state index in [0.717, 1.165) is 89.4 Å². The Balaban J connectivity index is 1.29. The van der Waals surface area contributed by atoms with Gasteiger partial charge in [0.15, 0.2) is 11.6 Å². The van der Waals surface area contributed by atoms with Crippen molar-refractivity contribution < 1.29 is 33.5 Å². The number of rotatable bonds is 10. The number of hydrogen-bond acceptors (Lipinski definition) is 8. The summed E-state index contributed by atoms with van der Waals surface area (Å²) < 4.78 is 21.7. The fourth-order valence-electron chi connectivity index (χ4n) is 7.56. The molecule has 2 saturated heterocycles. The highest BCUT2D eigenvalue weighted by molar-refractivity contribution is 5.82. The van der Waals surface area contributed by atoms with Crippen LogP contribution < -0.4 is 15.7 Å². The van der Waals surface area contributed by atoms with Crippen LogP contribution in [0.5, 0.6) is 0 Å². The highest BCUT2D eigenvalue weighted by Gasteiger charge is 2.64. The lowest BCUT2D eigenvalue weighted by Gasteiger charge is -2.50. The van der Waals surface area contributed by atoms with Crippen LogP contribution in [0.2, 0.25) is 0 Å². The van der Waals surface area contributed by atoms with Gasteiger partial charge in [0.25, 0.3) is 0 Å². The number of nitrogens with one attached hydrogen (secondary N) is 2. The topological polar surface area (TPSA) is 112 Å². The Morgan fingerprint density at radius 3 is 2.72 bits per heavy atom. The predicted molar refractivity (Wildman–Crippen MR) is 144 cm³/mol. The van der Waals surface area contributed by atoms with Crippen molar-refractivity contribution in [3.8, 4) is 0 Å². The van der Waals surface area contributed by atoms with E-state index < -0.39 is 23.3 Å². The fraction of sp³-hybridized carbons (Fsp3) is 0.833. The van der Waals surface area contributed by atoms with Crippen molar-refractivity contribution in [2.24, 2.45) is 5.92 Å². The van der Waals surface area contributed by atoms with Gasteiger partial charge in [0.05, 0.1) is 30.9 Å². The van der Waals surface area contributed by atoms with Gasteiger partial charge in [0.1, 0.15) is 0 Å². The van der Waals surface area contributed by atoms with Crippen LogP contribution in [0, 0.1) is 5.92 Å². The molecule has 0 aromatic carbocycles. The molecule has 7 atom stereocenters. The van der Waals surface area contributed by atoms with Crippen molar-refractivity contribution in [1.82, 2.24) is 10.6 Å². The number of esters is 1. The van der Waals surface area contributed by atoms with Crippen molar-refractivity contribution in [2.45, 2.75) is 146 Å². The minimum absolute atomic E-state index is 0.0319. The van der Waals surface area contributed by atoms with Crippen molar-refractivity contribution >= 4 is 17.9 Å². The number of allylic oxidation sites excluding steroid dienone is 1. The molecule has 5 aliphatic rings. The minimum atomic E-state index is -0.990. The van der Waals surface area contributed by atoms with Gasteiger partial charge in [-0.2, -0.15) is 0 Å². The summed E-state index contributed by atoms with van der Waals surface area (Å²) in [5.41, 5.74) is -1.21. The Kier molecular flexibility index (Phi) is 8.86. The number of ether oxygens (including phenoxy) is 3. The average molecular weight is 546 g/mol. The quantitative estimate of drug-likeness (QED) is 0.187. The van der Waals surface area contributed by atoms with Crippen molar-refractivity contribution in [3.63, 3.8) is 0 Å². The van der Waals surface area contributed by atoms with E-state index in [0.29, 0.717) is 19.1 Å². The largest absolute Gasteiger partial charge is 0.550 e. The number of unbranched alkanes of at least 4 members (excludes halogenated alkanes) is 4. The molecule has 0 unspecified atom stereocenters. The second kappa shape index (κ2) is 12.2. The Morgan fingerprint density at radius 1 is 1.10 bits per heavy atom. The molecule has 9 heteroatoms. The van der Waals surface area contributed by atoms with Crippen LogP contribution >= 0.6 is 0 Å². The zero-order valence-corrected chi connectivity index (χ0v) is 23.8. The van der Waals surface area contributed by atoms with E-state index in [1.807, 2.05) is 0 Å². The van der Waals surface area contributed by atoms with Gasteiger partial charge in [-0.15, -0.1) is 0 Å². The summed E-state index contributed by atoms with van der Waals surface area (Å²) >= 11 is 0. The third-order valence-corrected chi connectivity index (χ3v) is 9.37. The molecule has 5 aliphatic heterocycles. The zero-order chi connectivity index (χ0) is 27.5. The van der Waals surface area contributed by atoms with E-state index in [1.165, 1.54) is 0 Å². The molecule has 0 saturated carbocycles. The van der Waals surface area contributed by atoms with E-state index >= 15 is 0 Å². The van der Waals surface area contributed by atoms with Gasteiger partial charge in [0, 0.05) is 25.2 Å². The van der Waals surface area contributed by atoms with E-state index in [1.54, 1.807) is 0 Å². The molecular weight excluding hydrogens is 498 g/mol. The fourth-order valence-corrected chi connectivity index (χ4v) is 7.56. The zero-order valence-electron chi connectivity index (χ0n) is 23.8. The van der Waals surface area contributed by atoms with Crippen LogP contribution in [0.4, 0.5) is 0 Å². The molecule has 39 heavy (non-hydrogen) atoms. The first-order chi connectivity index (χ1) is 18.8. The minimum Gasteiger partial charge on any atom is -0.550 e. The number of hydrogen-bond donors (Lipinski definition) is 2. The number of aliphatic carboxylic acids is 1. The molecular formula is C30H47N3O6. The molecule has 0 aromatic heterocycles. The Morgan fingerprint density at radius 2 is 1.92 bits per heavy atom. The smallest absolute Gasteiger partial charge is 0.350 e. The SMILES string of the molecule is CC[C@@H]1C=CCC[C@@]2(C[C@@H]3CC[C@@H]4[C@H](C(=O)OCCCCCCCC(=O)[O-])[C@]5(CCC[C@@H](C)O5)NC(=[N+]34)N2)O1. The number of carboxylic acid groups (broad SMARTS) is 1. The van der Waals surface area contributed by atoms with Gasteiger partial charge < -0.3 is 24.1 Å². The monoisotopic (exact) mass is 545 g/mol. The first-order valence-electron chi connectivity index (χ1n) is 15.5. The van der Waals surface area contributed by atoms with E-state index in [2.05, 4.69) is 41.2 Å². The van der Waals surface area contributed by atoms with Crippen LogP contribution in [-0.2, 0) is 23.8 Å². The summed E-state index contributed by atoms with van der Waals surface area (Å²) in [5.74, 6) is -0.594. The lowest BCUT2D eigenvalue weighted by Crippen LogP contribution is -2.76. The molecule has 0 bridgehead atoms. The van der Waals surface area contributed by atoms with Gasteiger partial charge in [-0.25, -0.2) is 10.6 Å². The van der Waals surface area contributed by atoms with Crippen LogP contribution in [0.15, 0.2) is 12.2 Å². The van der Waals surface area contributed by atoms with Crippen LogP contribution in [0.25, 0.3) is 0 Å². The van der Waals surface area contributed by atoms with Gasteiger partial charge in [-0.1, -0.05) is 38.3 Å². The summed E-state index contributed by atoms with van der Waals surface area (Å²) in [5, 5.41) is 18.1. The van der Waals surface area contributed by atoms with Gasteiger partial charge in [-0.05, 0) is 64.7 Å². The second-order valence-electron chi connectivity index (χ2n) is 12.3. The lowest BCUT2D eigenvalue weighted by atomic mass is 9.80. The molecule has 5 rings (SSSR count). The highest BCUT2D eigenvalue weighted by atomic mass is 16.6. The van der Waals surface area contributed by atoms with Crippen LogP contribution in [0.3, 0.4) is 0 Å². The Bertz CT molecular complexity index is 968. The number of guanidine groups is 1. The van der Waals surface area contributed by atoms with Crippen molar-refractivity contribution in [1.29, 1.82) is 0 Å². The van der Waals surface area contributed by atoms with E-state index in [-0.39, 0.29) is 30.6 Å². The Labute approximate surface area is 232 Å². The summed E-state index contributed by atoms with van der Waals surface area (Å²) in [7, 11) is 0. The first kappa shape index (κ1) is 28.4. The average Bonchev–Trinajstić information content (AvgIpc) is 3.19. The van der Waals surface area contributed by atoms with Gasteiger partial charge in [-0.3, -0.25) is 9.37 Å². The van der Waals surface area contributed by atoms with E-state index in [9.17, 15) is 14.7 Å². The van der Waals surface area contributed by atoms with Crippen molar-refractivity contribution in [2.75, 3.05) is 6.61 Å². The number of carbonyl (C=O) groups is 2. The molecule has 0 radical (unpaired) electrons. The number of carbonyl (C=O) groups excluding carboxylic acids is 2. The standard InChI is InChI=1S/C30H47N3O6/c1-3-23-13-8-9-17-29(39-23)20-22-15-16-24-26(27(36)37-19-10-6-4-5-7-14-25(34)35)30(18-11-12-21(2)38-30)32-28(31-29)33(22)24/h8,13,21-24,26H,3-7,9-12,14-20H2,1-2H3,(H2,31,32,34,35)/t21-,22+,23-,24-,26-,29+,30-/m1/s1. The maximum atomic E-state index is 13.8. The molecule has 9 nitrogen and oxygen atoms in total. The maximum absolute atomic E-state index is 13.8. The molecule has 218 valence electrons. The highest BCUT2D eigenvalue weighted by Crippen LogP contribution is 2.45. The predicted octanol–water partition coefficient (Wildman–Crippen LogP) is 2.86. The maximum Gasteiger partial charge on any atom is 0.350 e. The molecule has 5 heterocycles. The molecule has 0 aromatic rings. The number of nitrogens with zero attached hydrogens (tertiary/aromatic N) is 1. The number of carboxylic acids is 1. The molecule has 2 N–H and O–H groups in total.